The van der Waals surface area contributed by atoms with E-state index < -0.39 is 77.0 Å². The molecule has 3 aliphatic rings. The highest BCUT2D eigenvalue weighted by molar-refractivity contribution is 9.09. The zero-order valence-electron chi connectivity index (χ0n) is 31.8. The fraction of sp³-hybridized carbons (Fsp3) is 0.409. The number of alkyl halides is 1. The van der Waals surface area contributed by atoms with Crippen LogP contribution in [0, 0.1) is 25.7 Å². The number of anilines is 1. The molecule has 1 spiro atoms. The molecule has 3 heterocycles. The fourth-order valence-electron chi connectivity index (χ4n) is 8.70. The van der Waals surface area contributed by atoms with Gasteiger partial charge in [0.1, 0.15) is 17.7 Å². The van der Waals surface area contributed by atoms with Crippen molar-refractivity contribution in [3.63, 3.8) is 0 Å². The number of aliphatic hydroxyl groups is 1. The van der Waals surface area contributed by atoms with E-state index >= 15 is 9.59 Å². The number of carbonyl (C=O) groups is 4. The predicted molar refractivity (Wildman–Crippen MR) is 214 cm³/mol. The van der Waals surface area contributed by atoms with Gasteiger partial charge >= 0.3 is 5.97 Å². The predicted octanol–water partition coefficient (Wildman–Crippen LogP) is 6.40. The Bertz CT molecular complexity index is 1920. The van der Waals surface area contributed by atoms with E-state index in [1.807, 2.05) is 99.6 Å². The fourth-order valence-corrected chi connectivity index (χ4v) is 9.64. The number of hydrogen-bond donors (Lipinski definition) is 1. The lowest BCUT2D eigenvalue weighted by Gasteiger charge is -2.39. The van der Waals surface area contributed by atoms with Gasteiger partial charge in [0, 0.05) is 30.5 Å². The molecule has 10 nitrogen and oxygen atoms in total. The Morgan fingerprint density at radius 2 is 1.69 bits per heavy atom. The van der Waals surface area contributed by atoms with Gasteiger partial charge < -0.3 is 29.3 Å². The monoisotopic (exact) mass is 811 g/mol. The number of aryl methyl sites for hydroxylation is 2. The number of fused-ring (bicyclic) bond motifs is 1. The molecule has 3 amide bonds. The molecule has 3 fully saturated rings. The molecule has 2 bridgehead atoms. The Balaban J connectivity index is 1.44. The van der Waals surface area contributed by atoms with Crippen LogP contribution in [0.15, 0.2) is 104 Å². The van der Waals surface area contributed by atoms with E-state index in [4.69, 9.17) is 9.47 Å². The number of nitrogens with zero attached hydrogens (tertiary/aromatic N) is 3. The second kappa shape index (κ2) is 16.6. The van der Waals surface area contributed by atoms with E-state index in [-0.39, 0.29) is 25.3 Å². The van der Waals surface area contributed by atoms with Gasteiger partial charge in [-0.15, -0.1) is 13.2 Å². The highest BCUT2D eigenvalue weighted by Crippen LogP contribution is 2.62. The van der Waals surface area contributed by atoms with Crippen molar-refractivity contribution < 1.29 is 33.8 Å². The highest BCUT2D eigenvalue weighted by atomic mass is 79.9. The molecular weight excluding hydrogens is 762 g/mol. The minimum absolute atomic E-state index is 0.126. The van der Waals surface area contributed by atoms with Crippen LogP contribution in [-0.2, 0) is 28.7 Å². The van der Waals surface area contributed by atoms with Crippen LogP contribution < -0.4 is 4.90 Å². The summed E-state index contributed by atoms with van der Waals surface area (Å²) in [5.41, 5.74) is 2.38. The van der Waals surface area contributed by atoms with Crippen LogP contribution in [0.5, 0.6) is 0 Å². The van der Waals surface area contributed by atoms with Gasteiger partial charge in [-0.1, -0.05) is 101 Å². The number of aliphatic hydroxyl groups excluding tert-OH is 1. The average molecular weight is 813 g/mol. The van der Waals surface area contributed by atoms with Gasteiger partial charge in [0.15, 0.2) is 0 Å². The maximum atomic E-state index is 15.3. The van der Waals surface area contributed by atoms with Crippen LogP contribution in [0.1, 0.15) is 60.6 Å². The van der Waals surface area contributed by atoms with Crippen molar-refractivity contribution in [2.24, 2.45) is 11.8 Å². The number of benzene rings is 3. The van der Waals surface area contributed by atoms with Crippen LogP contribution >= 0.6 is 15.9 Å². The number of allylic oxidation sites excluding steroid dienone is 1. The molecule has 0 radical (unpaired) electrons. The standard InChI is InChI=1S/C44H50BrN3O7/c1-7-9-20-35(50)46(6)29(5)38(31-18-14-11-15-19-31)54-43(53)36-37-41(51)48(34(26-49)30-16-12-10-13-17-30)40(44(37)25-32(45)39(36)55-44)42(52)47(23-8-2)33-24-27(3)21-22-28(33)4/h7-8,10-19,21-22,24,29,32,34,36-40,49H,1-2,9,20,23,25-26H2,3-6H3/t29-,32?,34+,36+,37-,38+,39+,40+,44-/m0/s1. The molecular formula is C44H50BrN3O7. The van der Waals surface area contributed by atoms with Crippen LogP contribution in [0.4, 0.5) is 5.69 Å². The Hall–Kier alpha value is -4.58. The molecule has 1 unspecified atom stereocenters. The summed E-state index contributed by atoms with van der Waals surface area (Å²) < 4.78 is 13.3. The zero-order chi connectivity index (χ0) is 39.6. The summed E-state index contributed by atoms with van der Waals surface area (Å²) >= 11 is 3.78. The van der Waals surface area contributed by atoms with Crippen LogP contribution in [-0.4, -0.2) is 87.4 Å². The summed E-state index contributed by atoms with van der Waals surface area (Å²) in [4.78, 5) is 62.7. The number of hydrogen-bond acceptors (Lipinski definition) is 7. The first-order valence-corrected chi connectivity index (χ1v) is 19.7. The first kappa shape index (κ1) is 40.1. The molecule has 55 heavy (non-hydrogen) atoms. The normalized spacial score (nSPS) is 25.5. The van der Waals surface area contributed by atoms with Crippen molar-refractivity contribution in [3.05, 3.63) is 126 Å². The first-order chi connectivity index (χ1) is 26.4. The van der Waals surface area contributed by atoms with Gasteiger partial charge in [-0.3, -0.25) is 19.2 Å². The summed E-state index contributed by atoms with van der Waals surface area (Å²) in [6, 6.07) is 21.5. The third kappa shape index (κ3) is 7.30. The average Bonchev–Trinajstić information content (AvgIpc) is 3.79. The lowest BCUT2D eigenvalue weighted by molar-refractivity contribution is -0.165. The molecule has 11 heteroatoms. The number of carbonyl (C=O) groups excluding carboxylic acids is 4. The van der Waals surface area contributed by atoms with Crippen molar-refractivity contribution in [2.45, 2.75) is 80.8 Å². The lowest BCUT2D eigenvalue weighted by Crippen LogP contribution is -2.57. The number of halogens is 1. The summed E-state index contributed by atoms with van der Waals surface area (Å²) in [5.74, 6) is -3.83. The summed E-state index contributed by atoms with van der Waals surface area (Å²) in [5, 5.41) is 11.0. The third-order valence-electron chi connectivity index (χ3n) is 11.5. The zero-order valence-corrected chi connectivity index (χ0v) is 33.4. The van der Waals surface area contributed by atoms with E-state index in [1.165, 1.54) is 4.90 Å². The van der Waals surface area contributed by atoms with Crippen LogP contribution in [0.25, 0.3) is 0 Å². The topological polar surface area (TPSA) is 117 Å². The Morgan fingerprint density at radius 3 is 2.31 bits per heavy atom. The van der Waals surface area contributed by atoms with E-state index in [2.05, 4.69) is 29.1 Å². The second-order valence-corrected chi connectivity index (χ2v) is 16.1. The third-order valence-corrected chi connectivity index (χ3v) is 12.4. The van der Waals surface area contributed by atoms with Gasteiger partial charge in [0.05, 0.1) is 36.6 Å². The Kier molecular flexibility index (Phi) is 12.1. The first-order valence-electron chi connectivity index (χ1n) is 18.8. The van der Waals surface area contributed by atoms with Gasteiger partial charge in [-0.2, -0.15) is 0 Å². The summed E-state index contributed by atoms with van der Waals surface area (Å²) in [6.07, 6.45) is 2.70. The molecule has 1 N–H and O–H groups in total. The lowest BCUT2D eigenvalue weighted by atomic mass is 9.70. The summed E-state index contributed by atoms with van der Waals surface area (Å²) in [6.45, 7) is 13.0. The Labute approximate surface area is 331 Å². The van der Waals surface area contributed by atoms with Gasteiger partial charge in [-0.25, -0.2) is 0 Å². The van der Waals surface area contributed by atoms with Crippen molar-refractivity contribution in [3.8, 4) is 0 Å². The minimum atomic E-state index is -1.43. The maximum Gasteiger partial charge on any atom is 0.313 e. The van der Waals surface area contributed by atoms with Crippen molar-refractivity contribution in [1.29, 1.82) is 0 Å². The molecule has 3 aromatic rings. The number of rotatable bonds is 15. The van der Waals surface area contributed by atoms with E-state index in [1.54, 1.807) is 29.0 Å². The molecule has 3 aromatic carbocycles. The minimum Gasteiger partial charge on any atom is -0.455 e. The number of amides is 3. The molecule has 0 saturated carbocycles. The maximum absolute atomic E-state index is 15.3. The SMILES string of the molecule is C=CCCC(=O)N(C)[C@@H](C)[C@@H](OC(=O)[C@H]1[C@@H]2O[C@@]3(CC2Br)[C@@H]1C(=O)N([C@H](CO)c1ccccc1)[C@@H]3C(=O)N(CC=C)c1cc(C)ccc1C)c1ccccc1. The van der Waals surface area contributed by atoms with Gasteiger partial charge in [0.25, 0.3) is 5.91 Å². The molecule has 3 saturated heterocycles. The molecule has 0 aliphatic carbocycles. The second-order valence-electron chi connectivity index (χ2n) is 14.9. The molecule has 290 valence electrons. The van der Waals surface area contributed by atoms with Crippen LogP contribution in [0.3, 0.4) is 0 Å². The smallest absolute Gasteiger partial charge is 0.313 e. The molecule has 6 rings (SSSR count). The van der Waals surface area contributed by atoms with Crippen molar-refractivity contribution >= 4 is 45.3 Å². The van der Waals surface area contributed by atoms with E-state index in [0.29, 0.717) is 23.2 Å². The van der Waals surface area contributed by atoms with Crippen LogP contribution in [0.2, 0.25) is 0 Å². The van der Waals surface area contributed by atoms with Crippen molar-refractivity contribution in [1.82, 2.24) is 9.80 Å². The number of ether oxygens (including phenoxy) is 2. The quantitative estimate of drug-likeness (QED) is 0.107. The summed E-state index contributed by atoms with van der Waals surface area (Å²) in [7, 11) is 1.68. The Morgan fingerprint density at radius 1 is 1.04 bits per heavy atom. The molecule has 0 aromatic heterocycles. The number of esters is 1. The van der Waals surface area contributed by atoms with Gasteiger partial charge in [-0.05, 0) is 61.9 Å². The van der Waals surface area contributed by atoms with E-state index in [9.17, 15) is 14.7 Å². The largest absolute Gasteiger partial charge is 0.455 e. The molecule has 3 aliphatic heterocycles. The van der Waals surface area contributed by atoms with Gasteiger partial charge in [0.2, 0.25) is 11.8 Å². The molecule has 9 atom stereocenters. The van der Waals surface area contributed by atoms with Crippen molar-refractivity contribution in [2.75, 3.05) is 25.1 Å². The highest BCUT2D eigenvalue weighted by Gasteiger charge is 2.78. The number of likely N-dealkylation sites (tertiary alicyclic amines) is 1. The van der Waals surface area contributed by atoms with E-state index in [0.717, 1.165) is 11.1 Å². The number of likely N-dealkylation sites (N-methyl/N-ethyl adjacent to an activating group) is 1.